The molecule has 0 saturated heterocycles. The normalized spacial score (nSPS) is 23.8. The number of hydrogen-bond donors (Lipinski definition) is 1. The van der Waals surface area contributed by atoms with Crippen LogP contribution in [0.1, 0.15) is 30.9 Å². The van der Waals surface area contributed by atoms with Gasteiger partial charge in [-0.05, 0) is 48.4 Å². The summed E-state index contributed by atoms with van der Waals surface area (Å²) in [4.78, 5) is 0. The van der Waals surface area contributed by atoms with Crippen LogP contribution in [0.25, 0.3) is 0 Å². The van der Waals surface area contributed by atoms with Gasteiger partial charge in [0.2, 0.25) is 0 Å². The Balaban J connectivity index is 2.27. The molecular formula is C15H23NO2. The Kier molecular flexibility index (Phi) is 3.93. The second-order valence-corrected chi connectivity index (χ2v) is 5.25. The van der Waals surface area contributed by atoms with Gasteiger partial charge in [-0.25, -0.2) is 0 Å². The monoisotopic (exact) mass is 249 g/mol. The first-order chi connectivity index (χ1) is 8.61. The maximum absolute atomic E-state index is 6.67. The van der Waals surface area contributed by atoms with Crippen molar-refractivity contribution in [1.82, 2.24) is 0 Å². The molecule has 1 aliphatic rings. The summed E-state index contributed by atoms with van der Waals surface area (Å²) in [5.41, 5.74) is 9.05. The molecule has 2 N–H and O–H groups in total. The van der Waals surface area contributed by atoms with E-state index in [0.29, 0.717) is 5.92 Å². The molecule has 3 nitrogen and oxygen atoms in total. The molecule has 0 aliphatic heterocycles. The molecule has 2 unspecified atom stereocenters. The molecule has 0 saturated carbocycles. The van der Waals surface area contributed by atoms with Gasteiger partial charge in [0.25, 0.3) is 0 Å². The van der Waals surface area contributed by atoms with Crippen LogP contribution in [0.2, 0.25) is 0 Å². The van der Waals surface area contributed by atoms with Crippen molar-refractivity contribution >= 4 is 0 Å². The second kappa shape index (κ2) is 5.29. The number of benzene rings is 1. The summed E-state index contributed by atoms with van der Waals surface area (Å²) in [5, 5.41) is 0. The van der Waals surface area contributed by atoms with E-state index in [1.165, 1.54) is 11.1 Å². The number of nitrogens with two attached hydrogens (primary N) is 1. The van der Waals surface area contributed by atoms with Crippen LogP contribution in [0, 0.1) is 5.92 Å². The zero-order chi connectivity index (χ0) is 13.2. The molecule has 0 bridgehead atoms. The third kappa shape index (κ3) is 2.25. The topological polar surface area (TPSA) is 44.5 Å². The van der Waals surface area contributed by atoms with Gasteiger partial charge in [-0.1, -0.05) is 13.0 Å². The van der Waals surface area contributed by atoms with Crippen molar-refractivity contribution in [2.45, 2.75) is 31.7 Å². The SMILES string of the molecule is COCCC(C)C1(N)CCc2ccc(OC)cc21. The van der Waals surface area contributed by atoms with Crippen molar-refractivity contribution in [2.24, 2.45) is 11.7 Å². The average molecular weight is 249 g/mol. The fraction of sp³-hybridized carbons (Fsp3) is 0.600. The molecule has 1 aromatic rings. The van der Waals surface area contributed by atoms with Crippen LogP contribution in [0.3, 0.4) is 0 Å². The maximum atomic E-state index is 6.67. The van der Waals surface area contributed by atoms with Crippen LogP contribution >= 0.6 is 0 Å². The van der Waals surface area contributed by atoms with Crippen molar-refractivity contribution in [3.05, 3.63) is 29.3 Å². The average Bonchev–Trinajstić information content (AvgIpc) is 2.74. The van der Waals surface area contributed by atoms with Crippen molar-refractivity contribution in [1.29, 1.82) is 0 Å². The Labute approximate surface area is 109 Å². The predicted molar refractivity (Wildman–Crippen MR) is 72.8 cm³/mol. The fourth-order valence-electron chi connectivity index (χ4n) is 2.87. The molecule has 18 heavy (non-hydrogen) atoms. The van der Waals surface area contributed by atoms with Crippen LogP contribution in [0.15, 0.2) is 18.2 Å². The largest absolute Gasteiger partial charge is 0.497 e. The first-order valence-corrected chi connectivity index (χ1v) is 6.57. The van der Waals surface area contributed by atoms with Gasteiger partial charge in [-0.15, -0.1) is 0 Å². The summed E-state index contributed by atoms with van der Waals surface area (Å²) in [7, 11) is 3.44. The summed E-state index contributed by atoms with van der Waals surface area (Å²) in [6, 6.07) is 6.27. The molecule has 1 aliphatic carbocycles. The number of methoxy groups -OCH3 is 2. The van der Waals surface area contributed by atoms with Crippen LogP contribution in [-0.4, -0.2) is 20.8 Å². The third-order valence-electron chi connectivity index (χ3n) is 4.26. The molecule has 0 spiro atoms. The van der Waals surface area contributed by atoms with E-state index in [9.17, 15) is 0 Å². The predicted octanol–water partition coefficient (Wildman–Crippen LogP) is 2.47. The molecule has 0 heterocycles. The van der Waals surface area contributed by atoms with Crippen molar-refractivity contribution in [3.8, 4) is 5.75 Å². The van der Waals surface area contributed by atoms with E-state index in [4.69, 9.17) is 15.2 Å². The molecule has 1 aromatic carbocycles. The Morgan fingerprint density at radius 2 is 2.17 bits per heavy atom. The standard InChI is InChI=1S/C15H23NO2/c1-11(7-9-17-2)15(16)8-6-12-4-5-13(18-3)10-14(12)15/h4-5,10-11H,6-9,16H2,1-3H3. The molecule has 0 aromatic heterocycles. The van der Waals surface area contributed by atoms with Gasteiger partial charge in [-0.2, -0.15) is 0 Å². The summed E-state index contributed by atoms with van der Waals surface area (Å²) in [6.45, 7) is 2.98. The molecular weight excluding hydrogens is 226 g/mol. The van der Waals surface area contributed by atoms with Gasteiger partial charge in [0.1, 0.15) is 5.75 Å². The van der Waals surface area contributed by atoms with E-state index in [-0.39, 0.29) is 5.54 Å². The smallest absolute Gasteiger partial charge is 0.119 e. The Bertz CT molecular complexity index is 419. The van der Waals surface area contributed by atoms with E-state index >= 15 is 0 Å². The molecule has 2 atom stereocenters. The minimum absolute atomic E-state index is 0.234. The third-order valence-corrected chi connectivity index (χ3v) is 4.26. The van der Waals surface area contributed by atoms with Crippen molar-refractivity contribution in [2.75, 3.05) is 20.8 Å². The van der Waals surface area contributed by atoms with Crippen LogP contribution in [-0.2, 0) is 16.7 Å². The second-order valence-electron chi connectivity index (χ2n) is 5.25. The minimum atomic E-state index is -0.234. The summed E-state index contributed by atoms with van der Waals surface area (Å²) < 4.78 is 10.5. The first kappa shape index (κ1) is 13.4. The zero-order valence-corrected chi connectivity index (χ0v) is 11.5. The Morgan fingerprint density at radius 3 is 2.83 bits per heavy atom. The molecule has 3 heteroatoms. The Hall–Kier alpha value is -1.06. The highest BCUT2D eigenvalue weighted by Gasteiger charge is 2.39. The number of aryl methyl sites for hydroxylation is 1. The van der Waals surface area contributed by atoms with E-state index in [2.05, 4.69) is 19.1 Å². The van der Waals surface area contributed by atoms with Crippen LogP contribution < -0.4 is 10.5 Å². The van der Waals surface area contributed by atoms with Gasteiger partial charge in [0, 0.05) is 19.3 Å². The summed E-state index contributed by atoms with van der Waals surface area (Å²) in [6.07, 6.45) is 3.07. The highest BCUT2D eigenvalue weighted by atomic mass is 16.5. The van der Waals surface area contributed by atoms with E-state index in [0.717, 1.165) is 31.6 Å². The number of fused-ring (bicyclic) bond motifs is 1. The molecule has 0 fully saturated rings. The maximum Gasteiger partial charge on any atom is 0.119 e. The highest BCUT2D eigenvalue weighted by molar-refractivity contribution is 5.44. The van der Waals surface area contributed by atoms with Crippen LogP contribution in [0.4, 0.5) is 0 Å². The van der Waals surface area contributed by atoms with Gasteiger partial charge >= 0.3 is 0 Å². The lowest BCUT2D eigenvalue weighted by Gasteiger charge is -2.32. The molecule has 100 valence electrons. The van der Waals surface area contributed by atoms with Crippen molar-refractivity contribution in [3.63, 3.8) is 0 Å². The van der Waals surface area contributed by atoms with E-state index in [1.54, 1.807) is 14.2 Å². The van der Waals surface area contributed by atoms with Gasteiger partial charge in [0.15, 0.2) is 0 Å². The fourth-order valence-corrected chi connectivity index (χ4v) is 2.87. The number of hydrogen-bond acceptors (Lipinski definition) is 3. The number of rotatable bonds is 5. The van der Waals surface area contributed by atoms with Gasteiger partial charge in [-0.3, -0.25) is 0 Å². The van der Waals surface area contributed by atoms with Gasteiger partial charge in [0.05, 0.1) is 7.11 Å². The molecule has 2 rings (SSSR count). The van der Waals surface area contributed by atoms with Gasteiger partial charge < -0.3 is 15.2 Å². The van der Waals surface area contributed by atoms with Crippen LogP contribution in [0.5, 0.6) is 5.75 Å². The first-order valence-electron chi connectivity index (χ1n) is 6.57. The summed E-state index contributed by atoms with van der Waals surface area (Å²) >= 11 is 0. The number of ether oxygens (including phenoxy) is 2. The molecule has 0 amide bonds. The Morgan fingerprint density at radius 1 is 1.39 bits per heavy atom. The summed E-state index contributed by atoms with van der Waals surface area (Å²) in [5.74, 6) is 1.30. The quantitative estimate of drug-likeness (QED) is 0.872. The lowest BCUT2D eigenvalue weighted by atomic mass is 9.79. The minimum Gasteiger partial charge on any atom is -0.497 e. The lowest BCUT2D eigenvalue weighted by molar-refractivity contribution is 0.154. The highest BCUT2D eigenvalue weighted by Crippen LogP contribution is 2.42. The zero-order valence-electron chi connectivity index (χ0n) is 11.5. The lowest BCUT2D eigenvalue weighted by Crippen LogP contribution is -2.41. The van der Waals surface area contributed by atoms with E-state index < -0.39 is 0 Å². The molecule has 0 radical (unpaired) electrons. The van der Waals surface area contributed by atoms with E-state index in [1.807, 2.05) is 6.07 Å². The van der Waals surface area contributed by atoms with Crippen molar-refractivity contribution < 1.29 is 9.47 Å².